The molecular weight excluding hydrogens is 196 g/mol. The molecule has 0 aromatic carbocycles. The fraction of sp³-hybridized carbons (Fsp3) is 0.111. The van der Waals surface area contributed by atoms with Gasteiger partial charge in [-0.15, -0.1) is 0 Å². The van der Waals surface area contributed by atoms with E-state index < -0.39 is 11.5 Å². The van der Waals surface area contributed by atoms with Crippen molar-refractivity contribution in [2.45, 2.75) is 0 Å². The minimum Gasteiger partial charge on any atom is -0.364 e. The molecule has 0 saturated heterocycles. The normalized spacial score (nSPS) is 10.5. The van der Waals surface area contributed by atoms with Crippen LogP contribution in [0.1, 0.15) is 10.5 Å². The van der Waals surface area contributed by atoms with Crippen LogP contribution in [0, 0.1) is 0 Å². The lowest BCUT2D eigenvalue weighted by Gasteiger charge is -2.04. The highest BCUT2D eigenvalue weighted by atomic mass is 16.2. The van der Waals surface area contributed by atoms with E-state index in [9.17, 15) is 9.59 Å². The van der Waals surface area contributed by atoms with Crippen LogP contribution in [0.25, 0.3) is 11.0 Å². The van der Waals surface area contributed by atoms with Gasteiger partial charge in [0.2, 0.25) is 0 Å². The zero-order chi connectivity index (χ0) is 11.0. The van der Waals surface area contributed by atoms with Crippen LogP contribution in [0.2, 0.25) is 0 Å². The molecule has 0 atom stereocenters. The number of carbonyl (C=O) groups excluding carboxylic acids is 1. The molecule has 2 heterocycles. The van der Waals surface area contributed by atoms with E-state index in [1.807, 2.05) is 0 Å². The van der Waals surface area contributed by atoms with Gasteiger partial charge >= 0.3 is 0 Å². The number of aromatic nitrogens is 3. The molecule has 15 heavy (non-hydrogen) atoms. The number of aryl methyl sites for hydroxylation is 1. The summed E-state index contributed by atoms with van der Waals surface area (Å²) in [7, 11) is 1.54. The van der Waals surface area contributed by atoms with E-state index in [0.717, 1.165) is 0 Å². The van der Waals surface area contributed by atoms with Gasteiger partial charge in [0.05, 0.1) is 17.2 Å². The van der Waals surface area contributed by atoms with Gasteiger partial charge in [-0.2, -0.15) is 0 Å². The molecule has 76 valence electrons. The Balaban J connectivity index is 2.95. The molecule has 0 bridgehead atoms. The Morgan fingerprint density at radius 3 is 2.93 bits per heavy atom. The van der Waals surface area contributed by atoms with Crippen molar-refractivity contribution in [1.82, 2.24) is 14.5 Å². The van der Waals surface area contributed by atoms with E-state index in [-0.39, 0.29) is 5.69 Å². The molecule has 0 spiro atoms. The van der Waals surface area contributed by atoms with Crippen molar-refractivity contribution in [3.05, 3.63) is 34.5 Å². The third kappa shape index (κ3) is 1.35. The Bertz CT molecular complexity index is 603. The SMILES string of the molecule is Cn1c(=O)c(C(N)=O)nc2ccncc21. The number of nitrogens with two attached hydrogens (primary N) is 1. The highest BCUT2D eigenvalue weighted by molar-refractivity contribution is 5.92. The first-order valence-electron chi connectivity index (χ1n) is 4.22. The summed E-state index contributed by atoms with van der Waals surface area (Å²) in [6, 6.07) is 1.61. The molecule has 0 aliphatic heterocycles. The largest absolute Gasteiger partial charge is 0.364 e. The van der Waals surface area contributed by atoms with Gasteiger partial charge < -0.3 is 10.3 Å². The standard InChI is InChI=1S/C9H8N4O2/c1-13-6-4-11-3-2-5(6)12-7(8(10)14)9(13)15/h2-4H,1H3,(H2,10,14). The van der Waals surface area contributed by atoms with Crippen molar-refractivity contribution in [3.63, 3.8) is 0 Å². The first-order chi connectivity index (χ1) is 7.11. The quantitative estimate of drug-likeness (QED) is 0.673. The lowest BCUT2D eigenvalue weighted by Crippen LogP contribution is -2.30. The third-order valence-electron chi connectivity index (χ3n) is 2.11. The van der Waals surface area contributed by atoms with Gasteiger partial charge in [0.25, 0.3) is 11.5 Å². The highest BCUT2D eigenvalue weighted by Crippen LogP contribution is 2.06. The Hall–Kier alpha value is -2.24. The number of nitrogens with zero attached hydrogens (tertiary/aromatic N) is 3. The summed E-state index contributed by atoms with van der Waals surface area (Å²) in [5.41, 5.74) is 5.36. The van der Waals surface area contributed by atoms with Crippen LogP contribution in [0.3, 0.4) is 0 Å². The summed E-state index contributed by atoms with van der Waals surface area (Å²) >= 11 is 0. The van der Waals surface area contributed by atoms with E-state index in [2.05, 4.69) is 9.97 Å². The molecule has 0 aliphatic carbocycles. The maximum atomic E-state index is 11.6. The topological polar surface area (TPSA) is 90.9 Å². The minimum atomic E-state index is -0.825. The van der Waals surface area contributed by atoms with Crippen molar-refractivity contribution in [1.29, 1.82) is 0 Å². The van der Waals surface area contributed by atoms with Gasteiger partial charge in [-0.25, -0.2) is 4.98 Å². The van der Waals surface area contributed by atoms with Gasteiger partial charge in [0, 0.05) is 13.2 Å². The molecular formula is C9H8N4O2. The molecule has 2 rings (SSSR count). The molecule has 6 heteroatoms. The van der Waals surface area contributed by atoms with E-state index in [1.165, 1.54) is 17.0 Å². The summed E-state index contributed by atoms with van der Waals surface area (Å²) < 4.78 is 1.30. The molecule has 1 amide bonds. The van der Waals surface area contributed by atoms with Crippen molar-refractivity contribution in [2.75, 3.05) is 0 Å². The highest BCUT2D eigenvalue weighted by Gasteiger charge is 2.12. The average molecular weight is 204 g/mol. The van der Waals surface area contributed by atoms with Crippen LogP contribution < -0.4 is 11.3 Å². The summed E-state index contributed by atoms with van der Waals surface area (Å²) in [4.78, 5) is 30.3. The first kappa shape index (κ1) is 9.32. The molecule has 2 aromatic heterocycles. The van der Waals surface area contributed by atoms with Crippen molar-refractivity contribution >= 4 is 16.9 Å². The number of hydrogen-bond acceptors (Lipinski definition) is 4. The number of hydrogen-bond donors (Lipinski definition) is 1. The van der Waals surface area contributed by atoms with Crippen LogP contribution in [-0.2, 0) is 7.05 Å². The Labute approximate surface area is 84.4 Å². The van der Waals surface area contributed by atoms with E-state index in [1.54, 1.807) is 13.1 Å². The van der Waals surface area contributed by atoms with Crippen molar-refractivity contribution in [2.24, 2.45) is 12.8 Å². The van der Waals surface area contributed by atoms with Crippen LogP contribution in [-0.4, -0.2) is 20.4 Å². The molecule has 0 unspecified atom stereocenters. The number of pyridine rings is 1. The van der Waals surface area contributed by atoms with Crippen LogP contribution in [0.5, 0.6) is 0 Å². The monoisotopic (exact) mass is 204 g/mol. The molecule has 0 radical (unpaired) electrons. The fourth-order valence-electron chi connectivity index (χ4n) is 1.33. The van der Waals surface area contributed by atoms with Crippen LogP contribution in [0.4, 0.5) is 0 Å². The zero-order valence-corrected chi connectivity index (χ0v) is 7.97. The Morgan fingerprint density at radius 1 is 1.53 bits per heavy atom. The van der Waals surface area contributed by atoms with E-state index in [0.29, 0.717) is 11.0 Å². The van der Waals surface area contributed by atoms with E-state index >= 15 is 0 Å². The van der Waals surface area contributed by atoms with Gasteiger partial charge in [-0.05, 0) is 6.07 Å². The minimum absolute atomic E-state index is 0.254. The second-order valence-corrected chi connectivity index (χ2v) is 3.05. The van der Waals surface area contributed by atoms with Gasteiger partial charge in [-0.3, -0.25) is 14.6 Å². The third-order valence-corrected chi connectivity index (χ3v) is 2.11. The molecule has 2 N–H and O–H groups in total. The lowest BCUT2D eigenvalue weighted by atomic mass is 10.3. The molecule has 0 saturated carbocycles. The van der Waals surface area contributed by atoms with Crippen molar-refractivity contribution in [3.8, 4) is 0 Å². The molecule has 6 nitrogen and oxygen atoms in total. The van der Waals surface area contributed by atoms with Crippen LogP contribution in [0.15, 0.2) is 23.3 Å². The Morgan fingerprint density at radius 2 is 2.27 bits per heavy atom. The average Bonchev–Trinajstić information content (AvgIpc) is 2.23. The zero-order valence-electron chi connectivity index (χ0n) is 7.97. The number of carbonyl (C=O) groups is 1. The summed E-state index contributed by atoms with van der Waals surface area (Å²) in [6.07, 6.45) is 3.04. The lowest BCUT2D eigenvalue weighted by molar-refractivity contribution is 0.0994. The number of fused-ring (bicyclic) bond motifs is 1. The maximum absolute atomic E-state index is 11.6. The Kier molecular flexibility index (Phi) is 1.96. The van der Waals surface area contributed by atoms with Gasteiger partial charge in [0.1, 0.15) is 0 Å². The second kappa shape index (κ2) is 3.16. The van der Waals surface area contributed by atoms with Crippen molar-refractivity contribution < 1.29 is 4.79 Å². The molecule has 2 aromatic rings. The number of rotatable bonds is 1. The smallest absolute Gasteiger partial charge is 0.282 e. The molecule has 0 fully saturated rings. The van der Waals surface area contributed by atoms with Gasteiger partial charge in [0.15, 0.2) is 5.69 Å². The predicted octanol–water partition coefficient (Wildman–Crippen LogP) is -0.573. The number of primary amides is 1. The second-order valence-electron chi connectivity index (χ2n) is 3.05. The summed E-state index contributed by atoms with van der Waals surface area (Å²) in [6.45, 7) is 0. The summed E-state index contributed by atoms with van der Waals surface area (Å²) in [5, 5.41) is 0. The predicted molar refractivity (Wildman–Crippen MR) is 53.3 cm³/mol. The summed E-state index contributed by atoms with van der Waals surface area (Å²) in [5.74, 6) is -0.825. The first-order valence-corrected chi connectivity index (χ1v) is 4.22. The van der Waals surface area contributed by atoms with E-state index in [4.69, 9.17) is 5.73 Å². The fourth-order valence-corrected chi connectivity index (χ4v) is 1.33. The maximum Gasteiger partial charge on any atom is 0.282 e. The van der Waals surface area contributed by atoms with Crippen LogP contribution >= 0.6 is 0 Å². The van der Waals surface area contributed by atoms with Gasteiger partial charge in [-0.1, -0.05) is 0 Å². The molecule has 0 aliphatic rings. The number of amides is 1.